The van der Waals surface area contributed by atoms with Crippen LogP contribution in [0.2, 0.25) is 0 Å². The molecule has 5 nitrogen and oxygen atoms in total. The number of carbonyl (C=O) groups is 1. The molecule has 0 saturated heterocycles. The Bertz CT molecular complexity index is 1170. The zero-order chi connectivity index (χ0) is 22.3. The molecule has 0 radical (unpaired) electrons. The number of hydrogen-bond donors (Lipinski definition) is 0. The van der Waals surface area contributed by atoms with Crippen molar-refractivity contribution in [2.24, 2.45) is 4.99 Å². The van der Waals surface area contributed by atoms with Gasteiger partial charge in [-0.3, -0.25) is 0 Å². The summed E-state index contributed by atoms with van der Waals surface area (Å²) in [4.78, 5) is 16.7. The SMILES string of the molecule is Cc1cccc(OCCCOc2ccc(C)cc2/C=C2/N=C(c3ccccc3)OC2=O)c1. The molecule has 0 saturated carbocycles. The van der Waals surface area contributed by atoms with Crippen LogP contribution in [-0.2, 0) is 9.53 Å². The van der Waals surface area contributed by atoms with E-state index in [1.165, 1.54) is 5.56 Å². The Labute approximate surface area is 188 Å². The van der Waals surface area contributed by atoms with E-state index < -0.39 is 5.97 Å². The van der Waals surface area contributed by atoms with Crippen molar-refractivity contribution in [2.75, 3.05) is 13.2 Å². The van der Waals surface area contributed by atoms with E-state index in [-0.39, 0.29) is 5.70 Å². The standard InChI is InChI=1S/C27H25NO4/c1-19-8-6-11-23(17-19)30-14-7-15-31-25-13-12-20(2)16-22(25)18-24-27(29)32-26(28-24)21-9-4-3-5-10-21/h3-6,8-13,16-18H,7,14-15H2,1-2H3/b24-18+. The second-order valence-corrected chi connectivity index (χ2v) is 7.61. The number of cyclic esters (lactones) is 1. The summed E-state index contributed by atoms with van der Waals surface area (Å²) in [5.74, 6) is 1.39. The Kier molecular flexibility index (Phi) is 6.66. The summed E-state index contributed by atoms with van der Waals surface area (Å²) in [6.45, 7) is 5.08. The third-order valence-electron chi connectivity index (χ3n) is 4.90. The molecule has 1 aliphatic rings. The van der Waals surface area contributed by atoms with Crippen LogP contribution in [0.1, 0.15) is 28.7 Å². The molecule has 0 spiro atoms. The van der Waals surface area contributed by atoms with Gasteiger partial charge in [-0.1, -0.05) is 42.0 Å². The largest absolute Gasteiger partial charge is 0.493 e. The molecule has 1 aliphatic heterocycles. The number of rotatable bonds is 8. The van der Waals surface area contributed by atoms with Crippen LogP contribution in [-0.4, -0.2) is 25.1 Å². The van der Waals surface area contributed by atoms with Gasteiger partial charge in [-0.25, -0.2) is 9.79 Å². The summed E-state index contributed by atoms with van der Waals surface area (Å²) >= 11 is 0. The Morgan fingerprint density at radius 2 is 1.66 bits per heavy atom. The average molecular weight is 428 g/mol. The fourth-order valence-electron chi connectivity index (χ4n) is 3.31. The maximum Gasteiger partial charge on any atom is 0.363 e. The lowest BCUT2D eigenvalue weighted by atomic mass is 10.1. The molecule has 0 atom stereocenters. The van der Waals surface area contributed by atoms with Crippen molar-refractivity contribution in [1.29, 1.82) is 0 Å². The van der Waals surface area contributed by atoms with Gasteiger partial charge < -0.3 is 14.2 Å². The highest BCUT2D eigenvalue weighted by atomic mass is 16.6. The van der Waals surface area contributed by atoms with Crippen molar-refractivity contribution in [2.45, 2.75) is 20.3 Å². The maximum atomic E-state index is 12.4. The molecule has 1 heterocycles. The van der Waals surface area contributed by atoms with Gasteiger partial charge in [-0.15, -0.1) is 0 Å². The molecular formula is C27H25NO4. The molecule has 0 bridgehead atoms. The van der Waals surface area contributed by atoms with Crippen molar-refractivity contribution >= 4 is 17.9 Å². The highest BCUT2D eigenvalue weighted by molar-refractivity contribution is 6.12. The topological polar surface area (TPSA) is 57.1 Å². The minimum absolute atomic E-state index is 0.252. The second-order valence-electron chi connectivity index (χ2n) is 7.61. The third-order valence-corrected chi connectivity index (χ3v) is 4.90. The Morgan fingerprint density at radius 3 is 2.47 bits per heavy atom. The average Bonchev–Trinajstić information content (AvgIpc) is 3.16. The van der Waals surface area contributed by atoms with E-state index in [0.717, 1.165) is 28.9 Å². The number of aryl methyl sites for hydroxylation is 2. The van der Waals surface area contributed by atoms with Gasteiger partial charge >= 0.3 is 5.97 Å². The van der Waals surface area contributed by atoms with Crippen LogP contribution in [0.25, 0.3) is 6.08 Å². The zero-order valence-corrected chi connectivity index (χ0v) is 18.2. The fraction of sp³-hybridized carbons (Fsp3) is 0.185. The van der Waals surface area contributed by atoms with E-state index in [0.29, 0.717) is 24.9 Å². The molecule has 32 heavy (non-hydrogen) atoms. The van der Waals surface area contributed by atoms with E-state index in [4.69, 9.17) is 14.2 Å². The van der Waals surface area contributed by atoms with Gasteiger partial charge in [0, 0.05) is 17.5 Å². The van der Waals surface area contributed by atoms with Crippen molar-refractivity contribution in [3.05, 3.63) is 101 Å². The molecule has 0 aromatic heterocycles. The quantitative estimate of drug-likeness (QED) is 0.271. The first-order chi connectivity index (χ1) is 15.6. The third kappa shape index (κ3) is 5.43. The molecule has 0 aliphatic carbocycles. The van der Waals surface area contributed by atoms with Crippen LogP contribution in [0.3, 0.4) is 0 Å². The predicted molar refractivity (Wildman–Crippen MR) is 125 cm³/mol. The molecule has 4 rings (SSSR count). The lowest BCUT2D eigenvalue weighted by Crippen LogP contribution is -2.06. The fourth-order valence-corrected chi connectivity index (χ4v) is 3.31. The van der Waals surface area contributed by atoms with Gasteiger partial charge in [-0.2, -0.15) is 0 Å². The summed E-state index contributed by atoms with van der Waals surface area (Å²) < 4.78 is 17.1. The number of nitrogens with zero attached hydrogens (tertiary/aromatic N) is 1. The van der Waals surface area contributed by atoms with Crippen LogP contribution in [0.4, 0.5) is 0 Å². The lowest BCUT2D eigenvalue weighted by molar-refractivity contribution is -0.129. The van der Waals surface area contributed by atoms with E-state index in [1.54, 1.807) is 6.08 Å². The number of benzene rings is 3. The monoisotopic (exact) mass is 427 g/mol. The second kappa shape index (κ2) is 9.96. The predicted octanol–water partition coefficient (Wildman–Crippen LogP) is 5.50. The lowest BCUT2D eigenvalue weighted by Gasteiger charge is -2.11. The van der Waals surface area contributed by atoms with Gasteiger partial charge in [0.05, 0.1) is 13.2 Å². The number of hydrogen-bond acceptors (Lipinski definition) is 5. The summed E-state index contributed by atoms with van der Waals surface area (Å²) in [5.41, 5.74) is 4.03. The Hall–Kier alpha value is -3.86. The zero-order valence-electron chi connectivity index (χ0n) is 18.2. The first-order valence-electron chi connectivity index (χ1n) is 10.6. The molecule has 3 aromatic carbocycles. The van der Waals surface area contributed by atoms with Crippen molar-refractivity contribution < 1.29 is 19.0 Å². The summed E-state index contributed by atoms with van der Waals surface area (Å²) in [6, 6.07) is 23.2. The van der Waals surface area contributed by atoms with E-state index in [9.17, 15) is 4.79 Å². The van der Waals surface area contributed by atoms with E-state index >= 15 is 0 Å². The number of esters is 1. The van der Waals surface area contributed by atoms with Crippen LogP contribution >= 0.6 is 0 Å². The van der Waals surface area contributed by atoms with Crippen LogP contribution in [0, 0.1) is 13.8 Å². The van der Waals surface area contributed by atoms with Gasteiger partial charge in [0.15, 0.2) is 5.70 Å². The molecule has 5 heteroatoms. The van der Waals surface area contributed by atoms with Gasteiger partial charge in [0.25, 0.3) is 0 Å². The van der Waals surface area contributed by atoms with Crippen LogP contribution < -0.4 is 9.47 Å². The van der Waals surface area contributed by atoms with Gasteiger partial charge in [0.1, 0.15) is 11.5 Å². The Morgan fingerprint density at radius 1 is 0.875 bits per heavy atom. The van der Waals surface area contributed by atoms with Crippen LogP contribution in [0.5, 0.6) is 11.5 Å². The minimum Gasteiger partial charge on any atom is -0.493 e. The molecule has 3 aromatic rings. The smallest absolute Gasteiger partial charge is 0.363 e. The first-order valence-corrected chi connectivity index (χ1v) is 10.6. The highest BCUT2D eigenvalue weighted by Gasteiger charge is 2.24. The van der Waals surface area contributed by atoms with E-state index in [2.05, 4.69) is 4.99 Å². The minimum atomic E-state index is -0.470. The van der Waals surface area contributed by atoms with Gasteiger partial charge in [-0.05, 0) is 61.9 Å². The number of carbonyl (C=O) groups excluding carboxylic acids is 1. The van der Waals surface area contributed by atoms with Gasteiger partial charge in [0.2, 0.25) is 5.90 Å². The van der Waals surface area contributed by atoms with Crippen molar-refractivity contribution in [3.8, 4) is 11.5 Å². The highest BCUT2D eigenvalue weighted by Crippen LogP contribution is 2.26. The number of ether oxygens (including phenoxy) is 3. The maximum absolute atomic E-state index is 12.4. The molecule has 0 unspecified atom stereocenters. The van der Waals surface area contributed by atoms with E-state index in [1.807, 2.05) is 86.6 Å². The molecule has 0 N–H and O–H groups in total. The number of aliphatic imine (C=N–C) groups is 1. The van der Waals surface area contributed by atoms with Crippen LogP contribution in [0.15, 0.2) is 83.5 Å². The molecule has 0 amide bonds. The summed E-state index contributed by atoms with van der Waals surface area (Å²) in [6.07, 6.45) is 2.44. The summed E-state index contributed by atoms with van der Waals surface area (Å²) in [7, 11) is 0. The first kappa shape index (κ1) is 21.4. The normalized spacial score (nSPS) is 14.2. The summed E-state index contributed by atoms with van der Waals surface area (Å²) in [5, 5.41) is 0. The Balaban J connectivity index is 1.42. The molecule has 0 fully saturated rings. The molecular weight excluding hydrogens is 402 g/mol. The molecule has 162 valence electrons. The van der Waals surface area contributed by atoms with Crippen molar-refractivity contribution in [3.63, 3.8) is 0 Å². The van der Waals surface area contributed by atoms with Crippen molar-refractivity contribution in [1.82, 2.24) is 0 Å².